The smallest absolute Gasteiger partial charge is 0.305 e. The average Bonchev–Trinajstić information content (AvgIpc) is 3.01. The molecular weight excluding hydrogens is 586 g/mol. The Morgan fingerprint density at radius 3 is 2.00 bits per heavy atom. The number of phenolic OH excluding ortho intramolecular Hbond substituents is 2. The number of aliphatic carboxylic acids is 1. The number of carbonyl (C=O) groups is 3. The molecule has 0 spiro atoms. The van der Waals surface area contributed by atoms with Crippen LogP contribution in [0.4, 0.5) is 0 Å². The number of allylic oxidation sites excluding steroid dienone is 10. The summed E-state index contributed by atoms with van der Waals surface area (Å²) in [5.74, 6) is -2.41. The summed E-state index contributed by atoms with van der Waals surface area (Å²) < 4.78 is 11.4. The van der Waals surface area contributed by atoms with Crippen LogP contribution in [0, 0.1) is 5.41 Å². The maximum atomic E-state index is 12.9. The summed E-state index contributed by atoms with van der Waals surface area (Å²) in [4.78, 5) is 36.2. The van der Waals surface area contributed by atoms with Crippen molar-refractivity contribution in [1.82, 2.24) is 5.32 Å². The van der Waals surface area contributed by atoms with Crippen molar-refractivity contribution in [1.29, 1.82) is 0 Å². The van der Waals surface area contributed by atoms with E-state index in [1.165, 1.54) is 12.1 Å². The minimum Gasteiger partial charge on any atom is -0.504 e. The van der Waals surface area contributed by atoms with Gasteiger partial charge in [0.1, 0.15) is 6.10 Å². The number of unbranched alkanes of at least 4 members (excludes halogenated alkanes) is 1. The highest BCUT2D eigenvalue weighted by Gasteiger charge is 2.37. The minimum absolute atomic E-state index is 0.0640. The standard InChI is InChI=1S/C37H53NO8/c1-4-5-6-7-8-9-10-11-12-13-14-15-16-17-18-19-20-21-34(43)46-29-37(2,3)35(36(44)38-26-24-33(41)42)45-27-25-30-22-23-31(39)32(40)28-30/h5-6,8-9,11-12,14-15,17-18,22-23,28,35,39-40H,4,7,10,13,16,19-21,24-27,29H2,1-3H3,(H,38,44)(H,41,42)/b6-5-,9-8-,12-11-,15-14-,18-17-. The van der Waals surface area contributed by atoms with Crippen LogP contribution in [0.3, 0.4) is 0 Å². The second kappa shape index (κ2) is 24.2. The van der Waals surface area contributed by atoms with Crippen molar-refractivity contribution in [2.24, 2.45) is 5.41 Å². The van der Waals surface area contributed by atoms with Crippen LogP contribution in [0.5, 0.6) is 11.5 Å². The summed E-state index contributed by atoms with van der Waals surface area (Å²) in [6.45, 7) is 5.59. The van der Waals surface area contributed by atoms with E-state index in [-0.39, 0.29) is 50.1 Å². The molecule has 1 amide bonds. The van der Waals surface area contributed by atoms with Crippen molar-refractivity contribution >= 4 is 17.8 Å². The zero-order chi connectivity index (χ0) is 34.0. The van der Waals surface area contributed by atoms with Crippen LogP contribution in [0.15, 0.2) is 79.0 Å². The zero-order valence-corrected chi connectivity index (χ0v) is 27.7. The van der Waals surface area contributed by atoms with E-state index in [1.54, 1.807) is 19.9 Å². The van der Waals surface area contributed by atoms with E-state index in [0.717, 1.165) is 38.5 Å². The number of nitrogens with one attached hydrogen (secondary N) is 1. The molecule has 9 heteroatoms. The van der Waals surface area contributed by atoms with Crippen LogP contribution < -0.4 is 5.32 Å². The van der Waals surface area contributed by atoms with Gasteiger partial charge in [0.2, 0.25) is 5.91 Å². The van der Waals surface area contributed by atoms with E-state index in [4.69, 9.17) is 14.6 Å². The van der Waals surface area contributed by atoms with Crippen molar-refractivity contribution < 1.29 is 39.2 Å². The van der Waals surface area contributed by atoms with Crippen LogP contribution in [0.2, 0.25) is 0 Å². The fourth-order valence-electron chi connectivity index (χ4n) is 4.21. The predicted octanol–water partition coefficient (Wildman–Crippen LogP) is 7.11. The molecule has 0 bridgehead atoms. The van der Waals surface area contributed by atoms with Crippen molar-refractivity contribution in [3.8, 4) is 11.5 Å². The first-order chi connectivity index (χ1) is 22.1. The van der Waals surface area contributed by atoms with Crippen LogP contribution in [-0.4, -0.2) is 59.0 Å². The summed E-state index contributed by atoms with van der Waals surface area (Å²) in [6.07, 6.45) is 26.8. The number of ether oxygens (including phenoxy) is 2. The molecule has 1 atom stereocenters. The molecule has 0 aliphatic heterocycles. The number of hydrogen-bond donors (Lipinski definition) is 4. The number of carboxylic acids is 1. The molecule has 0 saturated heterocycles. The minimum atomic E-state index is -1.04. The number of benzene rings is 1. The topological polar surface area (TPSA) is 142 Å². The van der Waals surface area contributed by atoms with Gasteiger partial charge in [0.15, 0.2) is 11.5 Å². The third-order valence-electron chi connectivity index (χ3n) is 6.82. The average molecular weight is 640 g/mol. The summed E-state index contributed by atoms with van der Waals surface area (Å²) in [6, 6.07) is 4.41. The highest BCUT2D eigenvalue weighted by atomic mass is 16.5. The van der Waals surface area contributed by atoms with Gasteiger partial charge < -0.3 is 30.1 Å². The molecule has 0 heterocycles. The van der Waals surface area contributed by atoms with Gasteiger partial charge in [-0.15, -0.1) is 0 Å². The van der Waals surface area contributed by atoms with E-state index in [2.05, 4.69) is 66.9 Å². The largest absolute Gasteiger partial charge is 0.504 e. The number of rotatable bonds is 24. The highest BCUT2D eigenvalue weighted by molar-refractivity contribution is 5.82. The second-order valence-corrected chi connectivity index (χ2v) is 11.5. The SMILES string of the molecule is CC/C=C\C/C=C\C/C=C\C/C=C\C/C=C\CCCC(=O)OCC(C)(C)C(OCCc1ccc(O)c(O)c1)C(=O)NCCC(=O)O. The first-order valence-electron chi connectivity index (χ1n) is 16.1. The normalized spacial score (nSPS) is 13.0. The van der Waals surface area contributed by atoms with Gasteiger partial charge in [0.05, 0.1) is 19.6 Å². The lowest BCUT2D eigenvalue weighted by atomic mass is 9.86. The van der Waals surface area contributed by atoms with E-state index in [9.17, 15) is 24.6 Å². The lowest BCUT2D eigenvalue weighted by Gasteiger charge is -2.32. The Labute approximate surface area is 274 Å². The van der Waals surface area contributed by atoms with Gasteiger partial charge in [0.25, 0.3) is 0 Å². The first kappa shape index (κ1) is 39.9. The number of esters is 1. The van der Waals surface area contributed by atoms with Crippen LogP contribution >= 0.6 is 0 Å². The Hall–Kier alpha value is -4.11. The van der Waals surface area contributed by atoms with Gasteiger partial charge >= 0.3 is 11.9 Å². The number of amides is 1. The van der Waals surface area contributed by atoms with Crippen molar-refractivity contribution in [2.45, 2.75) is 91.1 Å². The number of phenols is 2. The second-order valence-electron chi connectivity index (χ2n) is 11.5. The molecule has 0 saturated carbocycles. The third-order valence-corrected chi connectivity index (χ3v) is 6.82. The highest BCUT2D eigenvalue weighted by Crippen LogP contribution is 2.27. The van der Waals surface area contributed by atoms with Gasteiger partial charge in [-0.3, -0.25) is 14.4 Å². The van der Waals surface area contributed by atoms with Crippen LogP contribution in [0.25, 0.3) is 0 Å². The quantitative estimate of drug-likeness (QED) is 0.0406. The fourth-order valence-corrected chi connectivity index (χ4v) is 4.21. The van der Waals surface area contributed by atoms with E-state index in [1.807, 2.05) is 6.08 Å². The molecule has 1 aromatic carbocycles. The van der Waals surface area contributed by atoms with Gasteiger partial charge in [-0.2, -0.15) is 0 Å². The molecule has 0 aliphatic carbocycles. The monoisotopic (exact) mass is 639 g/mol. The predicted molar refractivity (Wildman–Crippen MR) is 182 cm³/mol. The molecule has 0 radical (unpaired) electrons. The molecule has 1 aromatic rings. The molecule has 0 fully saturated rings. The third kappa shape index (κ3) is 19.3. The molecule has 1 rings (SSSR count). The first-order valence-corrected chi connectivity index (χ1v) is 16.1. The Bertz CT molecular complexity index is 1200. The molecule has 0 aromatic heterocycles. The molecule has 46 heavy (non-hydrogen) atoms. The molecular formula is C37H53NO8. The molecule has 0 aliphatic rings. The van der Waals surface area contributed by atoms with Crippen LogP contribution in [0.1, 0.15) is 84.1 Å². The number of carboxylic acid groups (broad SMARTS) is 1. The summed E-state index contributed by atoms with van der Waals surface area (Å²) >= 11 is 0. The van der Waals surface area contributed by atoms with Crippen LogP contribution in [-0.2, 0) is 30.3 Å². The van der Waals surface area contributed by atoms with Crippen molar-refractivity contribution in [2.75, 3.05) is 19.8 Å². The fraction of sp³-hybridized carbons (Fsp3) is 0.486. The molecule has 4 N–H and O–H groups in total. The number of carbonyl (C=O) groups excluding carboxylic acids is 2. The lowest BCUT2D eigenvalue weighted by Crippen LogP contribution is -2.48. The number of hydrogen-bond acceptors (Lipinski definition) is 7. The Morgan fingerprint density at radius 2 is 1.43 bits per heavy atom. The van der Waals surface area contributed by atoms with E-state index >= 15 is 0 Å². The Morgan fingerprint density at radius 1 is 0.848 bits per heavy atom. The van der Waals surface area contributed by atoms with Crippen molar-refractivity contribution in [3.63, 3.8) is 0 Å². The Kier molecular flexibility index (Phi) is 21.0. The molecule has 254 valence electrons. The summed E-state index contributed by atoms with van der Waals surface area (Å²) in [5.41, 5.74) is -0.221. The zero-order valence-electron chi connectivity index (χ0n) is 27.7. The van der Waals surface area contributed by atoms with Gasteiger partial charge in [-0.05, 0) is 69.1 Å². The van der Waals surface area contributed by atoms with E-state index in [0.29, 0.717) is 18.4 Å². The lowest BCUT2D eigenvalue weighted by molar-refractivity contribution is -0.157. The van der Waals surface area contributed by atoms with Gasteiger partial charge in [-0.25, -0.2) is 0 Å². The molecule has 9 nitrogen and oxygen atoms in total. The summed E-state index contributed by atoms with van der Waals surface area (Å²) in [7, 11) is 0. The Balaban J connectivity index is 2.43. The summed E-state index contributed by atoms with van der Waals surface area (Å²) in [5, 5.41) is 30.7. The maximum absolute atomic E-state index is 12.9. The molecule has 1 unspecified atom stereocenters. The van der Waals surface area contributed by atoms with Crippen molar-refractivity contribution in [3.05, 3.63) is 84.5 Å². The van der Waals surface area contributed by atoms with Gasteiger partial charge in [0, 0.05) is 18.4 Å². The maximum Gasteiger partial charge on any atom is 0.305 e. The number of aromatic hydroxyl groups is 2. The van der Waals surface area contributed by atoms with Gasteiger partial charge in [-0.1, -0.05) is 87.6 Å². The van der Waals surface area contributed by atoms with E-state index < -0.39 is 23.4 Å².